The maximum absolute atomic E-state index is 5.77. The van der Waals surface area contributed by atoms with Gasteiger partial charge < -0.3 is 13.7 Å². The number of aryl methyl sites for hydroxylation is 3. The van der Waals surface area contributed by atoms with E-state index >= 15 is 0 Å². The van der Waals surface area contributed by atoms with Gasteiger partial charge in [0.2, 0.25) is 11.8 Å². The average Bonchev–Trinajstić information content (AvgIpc) is 3.06. The first kappa shape index (κ1) is 13.3. The number of rotatable bonds is 4. The van der Waals surface area contributed by atoms with E-state index < -0.39 is 0 Å². The van der Waals surface area contributed by atoms with Crippen molar-refractivity contribution >= 4 is 0 Å². The second kappa shape index (κ2) is 5.75. The molecular weight excluding hydrogens is 258 g/mol. The monoisotopic (exact) mass is 277 g/mol. The molecule has 0 radical (unpaired) electrons. The van der Waals surface area contributed by atoms with Gasteiger partial charge in [-0.1, -0.05) is 5.16 Å². The Morgan fingerprint density at radius 3 is 2.60 bits per heavy atom. The van der Waals surface area contributed by atoms with Crippen LogP contribution in [0, 0.1) is 13.8 Å². The van der Waals surface area contributed by atoms with Crippen molar-refractivity contribution < 1.29 is 13.7 Å². The van der Waals surface area contributed by atoms with Crippen LogP contribution >= 0.6 is 0 Å². The fourth-order valence-electron chi connectivity index (χ4n) is 2.57. The van der Waals surface area contributed by atoms with E-state index in [4.69, 9.17) is 13.7 Å². The van der Waals surface area contributed by atoms with Gasteiger partial charge >= 0.3 is 0 Å². The molecule has 1 saturated heterocycles. The second-order valence-corrected chi connectivity index (χ2v) is 5.22. The van der Waals surface area contributed by atoms with Crippen LogP contribution in [0.15, 0.2) is 8.94 Å². The molecule has 0 unspecified atom stereocenters. The SMILES string of the molecule is Cc1noc(C)c1CCc1nnc(C2CCOCC2)o1. The summed E-state index contributed by atoms with van der Waals surface area (Å²) >= 11 is 0. The lowest BCUT2D eigenvalue weighted by molar-refractivity contribution is 0.0791. The van der Waals surface area contributed by atoms with Gasteiger partial charge in [-0.25, -0.2) is 0 Å². The van der Waals surface area contributed by atoms with Crippen LogP contribution in [0.4, 0.5) is 0 Å². The van der Waals surface area contributed by atoms with Gasteiger partial charge in [0.25, 0.3) is 0 Å². The molecule has 0 N–H and O–H groups in total. The molecule has 3 rings (SSSR count). The van der Waals surface area contributed by atoms with Crippen molar-refractivity contribution in [2.75, 3.05) is 13.2 Å². The van der Waals surface area contributed by atoms with Crippen molar-refractivity contribution in [3.63, 3.8) is 0 Å². The fraction of sp³-hybridized carbons (Fsp3) is 0.643. The zero-order valence-electron chi connectivity index (χ0n) is 11.9. The van der Waals surface area contributed by atoms with E-state index in [0.717, 1.165) is 61.8 Å². The summed E-state index contributed by atoms with van der Waals surface area (Å²) in [5.41, 5.74) is 2.07. The molecule has 0 aliphatic carbocycles. The van der Waals surface area contributed by atoms with E-state index in [1.54, 1.807) is 0 Å². The summed E-state index contributed by atoms with van der Waals surface area (Å²) in [6, 6.07) is 0. The van der Waals surface area contributed by atoms with Crippen LogP contribution in [0.3, 0.4) is 0 Å². The molecule has 2 aromatic rings. The Hall–Kier alpha value is -1.69. The van der Waals surface area contributed by atoms with Crippen LogP contribution in [0.2, 0.25) is 0 Å². The Kier molecular flexibility index (Phi) is 3.82. The summed E-state index contributed by atoms with van der Waals surface area (Å²) in [7, 11) is 0. The molecule has 1 aliphatic rings. The third-order valence-electron chi connectivity index (χ3n) is 3.82. The molecule has 1 fully saturated rings. The Balaban J connectivity index is 1.62. The van der Waals surface area contributed by atoms with Crippen molar-refractivity contribution in [1.29, 1.82) is 0 Å². The van der Waals surface area contributed by atoms with Crippen LogP contribution in [0.5, 0.6) is 0 Å². The van der Waals surface area contributed by atoms with Crippen molar-refractivity contribution in [3.8, 4) is 0 Å². The first-order chi connectivity index (χ1) is 9.74. The van der Waals surface area contributed by atoms with Gasteiger partial charge in [-0.2, -0.15) is 0 Å². The van der Waals surface area contributed by atoms with Gasteiger partial charge in [-0.05, 0) is 33.1 Å². The van der Waals surface area contributed by atoms with E-state index in [2.05, 4.69) is 15.4 Å². The van der Waals surface area contributed by atoms with Gasteiger partial charge in [-0.3, -0.25) is 0 Å². The molecule has 6 nitrogen and oxygen atoms in total. The molecule has 3 heterocycles. The van der Waals surface area contributed by atoms with Crippen LogP contribution < -0.4 is 0 Å². The van der Waals surface area contributed by atoms with Crippen molar-refractivity contribution in [3.05, 3.63) is 28.8 Å². The summed E-state index contributed by atoms with van der Waals surface area (Å²) in [5, 5.41) is 12.3. The topological polar surface area (TPSA) is 74.2 Å². The Morgan fingerprint density at radius 1 is 1.10 bits per heavy atom. The molecule has 20 heavy (non-hydrogen) atoms. The molecule has 0 spiro atoms. The van der Waals surface area contributed by atoms with E-state index in [9.17, 15) is 0 Å². The second-order valence-electron chi connectivity index (χ2n) is 5.22. The van der Waals surface area contributed by atoms with Crippen LogP contribution in [-0.2, 0) is 17.6 Å². The van der Waals surface area contributed by atoms with E-state index in [-0.39, 0.29) is 0 Å². The highest BCUT2D eigenvalue weighted by molar-refractivity contribution is 5.21. The molecule has 0 aromatic carbocycles. The number of hydrogen-bond donors (Lipinski definition) is 0. The summed E-state index contributed by atoms with van der Waals surface area (Å²) < 4.78 is 16.3. The highest BCUT2D eigenvalue weighted by Crippen LogP contribution is 2.26. The van der Waals surface area contributed by atoms with Gasteiger partial charge in [0.15, 0.2) is 0 Å². The summed E-state index contributed by atoms with van der Waals surface area (Å²) in [4.78, 5) is 0. The van der Waals surface area contributed by atoms with Gasteiger partial charge in [0.1, 0.15) is 5.76 Å². The average molecular weight is 277 g/mol. The maximum atomic E-state index is 5.77. The van der Waals surface area contributed by atoms with Crippen molar-refractivity contribution in [2.24, 2.45) is 0 Å². The highest BCUT2D eigenvalue weighted by Gasteiger charge is 2.21. The van der Waals surface area contributed by atoms with Gasteiger partial charge in [-0.15, -0.1) is 10.2 Å². The first-order valence-electron chi connectivity index (χ1n) is 7.06. The predicted molar refractivity (Wildman–Crippen MR) is 70.5 cm³/mol. The number of nitrogens with zero attached hydrogens (tertiary/aromatic N) is 3. The van der Waals surface area contributed by atoms with E-state index in [1.165, 1.54) is 0 Å². The normalized spacial score (nSPS) is 16.7. The quantitative estimate of drug-likeness (QED) is 0.854. The van der Waals surface area contributed by atoms with Gasteiger partial charge in [0, 0.05) is 31.1 Å². The molecule has 6 heteroatoms. The first-order valence-corrected chi connectivity index (χ1v) is 7.06. The molecule has 0 saturated carbocycles. The van der Waals surface area contributed by atoms with Crippen LogP contribution in [0.1, 0.15) is 47.6 Å². The predicted octanol–water partition coefficient (Wildman–Crippen LogP) is 2.35. The Bertz CT molecular complexity index is 550. The third-order valence-corrected chi connectivity index (χ3v) is 3.82. The highest BCUT2D eigenvalue weighted by atomic mass is 16.5. The largest absolute Gasteiger partial charge is 0.425 e. The van der Waals surface area contributed by atoms with Gasteiger partial charge in [0.05, 0.1) is 5.69 Å². The fourth-order valence-corrected chi connectivity index (χ4v) is 2.57. The standard InChI is InChI=1S/C14H19N3O3/c1-9-12(10(2)20-17-9)3-4-13-15-16-14(19-13)11-5-7-18-8-6-11/h11H,3-8H2,1-2H3. The lowest BCUT2D eigenvalue weighted by Gasteiger charge is -2.18. The zero-order valence-corrected chi connectivity index (χ0v) is 11.9. The van der Waals surface area contributed by atoms with Crippen molar-refractivity contribution in [2.45, 2.75) is 45.4 Å². The van der Waals surface area contributed by atoms with E-state index in [1.807, 2.05) is 13.8 Å². The number of hydrogen-bond acceptors (Lipinski definition) is 6. The molecule has 0 amide bonds. The molecule has 108 valence electrons. The zero-order chi connectivity index (χ0) is 13.9. The molecule has 1 aliphatic heterocycles. The summed E-state index contributed by atoms with van der Waals surface area (Å²) in [5.74, 6) is 2.66. The number of ether oxygens (including phenoxy) is 1. The van der Waals surface area contributed by atoms with Crippen molar-refractivity contribution in [1.82, 2.24) is 15.4 Å². The third kappa shape index (κ3) is 2.75. The summed E-state index contributed by atoms with van der Waals surface area (Å²) in [6.45, 7) is 5.44. The maximum Gasteiger partial charge on any atom is 0.219 e. The minimum absolute atomic E-state index is 0.351. The van der Waals surface area contributed by atoms with Crippen LogP contribution in [-0.4, -0.2) is 28.6 Å². The minimum atomic E-state index is 0.351. The lowest BCUT2D eigenvalue weighted by atomic mass is 10.0. The minimum Gasteiger partial charge on any atom is -0.425 e. The Labute approximate surface area is 117 Å². The molecule has 0 bridgehead atoms. The Morgan fingerprint density at radius 2 is 1.90 bits per heavy atom. The number of aromatic nitrogens is 3. The summed E-state index contributed by atoms with van der Waals surface area (Å²) in [6.07, 6.45) is 3.46. The van der Waals surface area contributed by atoms with Crippen LogP contribution in [0.25, 0.3) is 0 Å². The smallest absolute Gasteiger partial charge is 0.219 e. The lowest BCUT2D eigenvalue weighted by Crippen LogP contribution is -2.14. The molecule has 0 atom stereocenters. The molecule has 2 aromatic heterocycles. The van der Waals surface area contributed by atoms with E-state index in [0.29, 0.717) is 11.8 Å². The molecular formula is C14H19N3O3.